The largest absolute Gasteiger partial charge is 0.451 e. The lowest BCUT2D eigenvalue weighted by Gasteiger charge is -2.05. The number of anilines is 1. The Morgan fingerprint density at radius 3 is 2.76 bits per heavy atom. The predicted octanol–water partition coefficient (Wildman–Crippen LogP) is 5.13. The second kappa shape index (κ2) is 7.26. The van der Waals surface area contributed by atoms with Gasteiger partial charge in [-0.2, -0.15) is 9.61 Å². The molecule has 3 aromatic heterocycles. The van der Waals surface area contributed by atoms with E-state index in [0.29, 0.717) is 16.4 Å². The summed E-state index contributed by atoms with van der Waals surface area (Å²) in [5, 5.41) is 15.9. The van der Waals surface area contributed by atoms with Crippen LogP contribution in [0, 0.1) is 0 Å². The van der Waals surface area contributed by atoms with E-state index in [1.807, 2.05) is 48.5 Å². The van der Waals surface area contributed by atoms with E-state index >= 15 is 0 Å². The van der Waals surface area contributed by atoms with Crippen molar-refractivity contribution in [3.05, 3.63) is 77.2 Å². The Labute approximate surface area is 177 Å². The molecule has 1 amide bonds. The van der Waals surface area contributed by atoms with E-state index in [4.69, 9.17) is 4.42 Å². The van der Waals surface area contributed by atoms with Crippen LogP contribution in [0.2, 0.25) is 0 Å². The van der Waals surface area contributed by atoms with Gasteiger partial charge in [0.25, 0.3) is 5.91 Å². The second-order valence-electron chi connectivity index (χ2n) is 6.17. The van der Waals surface area contributed by atoms with Gasteiger partial charge in [0, 0.05) is 21.3 Å². The van der Waals surface area contributed by atoms with Crippen LogP contribution < -0.4 is 5.32 Å². The number of halogens is 1. The number of nitrogens with one attached hydrogen (secondary N) is 1. The molecule has 9 heteroatoms. The van der Waals surface area contributed by atoms with Crippen molar-refractivity contribution in [1.29, 1.82) is 0 Å². The number of aromatic nitrogens is 4. The average Bonchev–Trinajstić information content (AvgIpc) is 3.45. The summed E-state index contributed by atoms with van der Waals surface area (Å²) in [4.78, 5) is 13.3. The fourth-order valence-corrected chi connectivity index (χ4v) is 3.91. The number of carbonyl (C=O) groups is 1. The predicted molar refractivity (Wildman–Crippen MR) is 114 cm³/mol. The Morgan fingerprint density at radius 1 is 1.07 bits per heavy atom. The summed E-state index contributed by atoms with van der Waals surface area (Å²) in [5.74, 6) is 0.562. The van der Waals surface area contributed by atoms with Crippen LogP contribution in [0.25, 0.3) is 26.9 Å². The zero-order valence-electron chi connectivity index (χ0n) is 14.7. The molecule has 0 bridgehead atoms. The molecule has 5 aromatic rings. The van der Waals surface area contributed by atoms with Crippen molar-refractivity contribution in [2.45, 2.75) is 0 Å². The van der Waals surface area contributed by atoms with Gasteiger partial charge in [0.05, 0.1) is 0 Å². The maximum Gasteiger partial charge on any atom is 0.291 e. The first-order valence-electron chi connectivity index (χ1n) is 8.60. The average molecular weight is 466 g/mol. The lowest BCUT2D eigenvalue weighted by atomic mass is 10.2. The molecule has 29 heavy (non-hydrogen) atoms. The van der Waals surface area contributed by atoms with E-state index in [2.05, 4.69) is 36.5 Å². The fourth-order valence-electron chi connectivity index (χ4n) is 2.83. The molecule has 0 fully saturated rings. The summed E-state index contributed by atoms with van der Waals surface area (Å²) >= 11 is 4.83. The third kappa shape index (κ3) is 3.57. The van der Waals surface area contributed by atoms with Crippen LogP contribution in [0.4, 0.5) is 5.69 Å². The van der Waals surface area contributed by atoms with Crippen LogP contribution in [0.5, 0.6) is 0 Å². The van der Waals surface area contributed by atoms with Crippen molar-refractivity contribution >= 4 is 43.8 Å². The van der Waals surface area contributed by atoms with E-state index in [1.165, 1.54) is 11.3 Å². The molecule has 0 saturated heterocycles. The maximum absolute atomic E-state index is 12.6. The number of hydrogen-bond acceptors (Lipinski definition) is 6. The standard InChI is InChI=1S/C20H12BrN5O2S/c21-14-6-4-12(5-7-14)16-8-9-17(28-16)18(27)23-15-3-1-2-13(10-15)19-25-26-11-22-24-20(26)29-19/h1-11H,(H,23,27). The molecule has 5 rings (SSSR count). The zero-order chi connectivity index (χ0) is 19.8. The Bertz CT molecular complexity index is 1290. The van der Waals surface area contributed by atoms with Gasteiger partial charge in [0.15, 0.2) is 5.76 Å². The molecular weight excluding hydrogens is 454 g/mol. The quantitative estimate of drug-likeness (QED) is 0.397. The van der Waals surface area contributed by atoms with Gasteiger partial charge in [-0.3, -0.25) is 4.79 Å². The molecule has 0 unspecified atom stereocenters. The van der Waals surface area contributed by atoms with E-state index in [-0.39, 0.29) is 11.7 Å². The van der Waals surface area contributed by atoms with Crippen LogP contribution in [-0.4, -0.2) is 25.7 Å². The molecule has 0 aliphatic heterocycles. The minimum Gasteiger partial charge on any atom is -0.451 e. The number of carbonyl (C=O) groups excluding carboxylic acids is 1. The molecule has 7 nitrogen and oxygen atoms in total. The first kappa shape index (κ1) is 17.8. The van der Waals surface area contributed by atoms with E-state index in [0.717, 1.165) is 20.6 Å². The number of fused-ring (bicyclic) bond motifs is 1. The third-order valence-corrected chi connectivity index (χ3v) is 5.70. The van der Waals surface area contributed by atoms with Crippen LogP contribution in [0.1, 0.15) is 10.6 Å². The van der Waals surface area contributed by atoms with Gasteiger partial charge in [-0.05, 0) is 36.4 Å². The monoisotopic (exact) mass is 465 g/mol. The summed E-state index contributed by atoms with van der Waals surface area (Å²) in [5.41, 5.74) is 2.44. The third-order valence-electron chi connectivity index (χ3n) is 4.21. The minimum absolute atomic E-state index is 0.243. The summed E-state index contributed by atoms with van der Waals surface area (Å²) in [6, 6.07) is 18.6. The van der Waals surface area contributed by atoms with Crippen LogP contribution >= 0.6 is 27.3 Å². The molecule has 2 aromatic carbocycles. The van der Waals surface area contributed by atoms with Crippen molar-refractivity contribution in [3.8, 4) is 21.9 Å². The summed E-state index contributed by atoms with van der Waals surface area (Å²) in [7, 11) is 0. The molecule has 0 aliphatic rings. The highest BCUT2D eigenvalue weighted by Gasteiger charge is 2.14. The van der Waals surface area contributed by atoms with E-state index < -0.39 is 0 Å². The van der Waals surface area contributed by atoms with Gasteiger partial charge in [-0.15, -0.1) is 10.2 Å². The van der Waals surface area contributed by atoms with Gasteiger partial charge in [-0.25, -0.2) is 0 Å². The fraction of sp³-hybridized carbons (Fsp3) is 0. The van der Waals surface area contributed by atoms with Gasteiger partial charge in [0.1, 0.15) is 17.1 Å². The lowest BCUT2D eigenvalue weighted by Crippen LogP contribution is -2.10. The van der Waals surface area contributed by atoms with E-state index in [1.54, 1.807) is 23.0 Å². The van der Waals surface area contributed by atoms with Crippen molar-refractivity contribution in [2.75, 3.05) is 5.32 Å². The first-order chi connectivity index (χ1) is 14.2. The van der Waals surface area contributed by atoms with Crippen molar-refractivity contribution in [1.82, 2.24) is 19.8 Å². The van der Waals surface area contributed by atoms with Crippen LogP contribution in [-0.2, 0) is 0 Å². The Hall–Kier alpha value is -3.30. The number of hydrogen-bond donors (Lipinski definition) is 1. The van der Waals surface area contributed by atoms with Gasteiger partial charge >= 0.3 is 0 Å². The SMILES string of the molecule is O=C(Nc1cccc(-c2nn3cnnc3s2)c1)c1ccc(-c2ccc(Br)cc2)o1. The summed E-state index contributed by atoms with van der Waals surface area (Å²) in [6.07, 6.45) is 1.56. The van der Waals surface area contributed by atoms with E-state index in [9.17, 15) is 4.79 Å². The van der Waals surface area contributed by atoms with Crippen molar-refractivity contribution < 1.29 is 9.21 Å². The first-order valence-corrected chi connectivity index (χ1v) is 10.2. The molecule has 142 valence electrons. The van der Waals surface area contributed by atoms with Crippen molar-refractivity contribution in [3.63, 3.8) is 0 Å². The van der Waals surface area contributed by atoms with Gasteiger partial charge in [-0.1, -0.05) is 51.5 Å². The van der Waals surface area contributed by atoms with Crippen molar-refractivity contribution in [2.24, 2.45) is 0 Å². The van der Waals surface area contributed by atoms with Crippen LogP contribution in [0.3, 0.4) is 0 Å². The Balaban J connectivity index is 1.36. The highest BCUT2D eigenvalue weighted by atomic mass is 79.9. The molecule has 0 saturated carbocycles. The molecule has 0 spiro atoms. The normalized spacial score (nSPS) is 11.1. The van der Waals surface area contributed by atoms with Crippen LogP contribution in [0.15, 0.2) is 75.9 Å². The number of nitrogens with zero attached hydrogens (tertiary/aromatic N) is 4. The highest BCUT2D eigenvalue weighted by molar-refractivity contribution is 9.10. The minimum atomic E-state index is -0.316. The molecule has 0 aliphatic carbocycles. The Kier molecular flexibility index (Phi) is 4.45. The number of amides is 1. The Morgan fingerprint density at radius 2 is 1.93 bits per heavy atom. The molecule has 0 radical (unpaired) electrons. The summed E-state index contributed by atoms with van der Waals surface area (Å²) < 4.78 is 8.34. The van der Waals surface area contributed by atoms with Gasteiger partial charge in [0.2, 0.25) is 4.96 Å². The smallest absolute Gasteiger partial charge is 0.291 e. The summed E-state index contributed by atoms with van der Waals surface area (Å²) in [6.45, 7) is 0. The molecular formula is C20H12BrN5O2S. The van der Waals surface area contributed by atoms with Gasteiger partial charge < -0.3 is 9.73 Å². The lowest BCUT2D eigenvalue weighted by molar-refractivity contribution is 0.0997. The molecule has 3 heterocycles. The maximum atomic E-state index is 12.6. The molecule has 0 atom stereocenters. The number of furan rings is 1. The molecule has 1 N–H and O–H groups in total. The zero-order valence-corrected chi connectivity index (χ0v) is 17.1. The highest BCUT2D eigenvalue weighted by Crippen LogP contribution is 2.28. The second-order valence-corrected chi connectivity index (χ2v) is 8.04. The topological polar surface area (TPSA) is 85.3 Å². The number of rotatable bonds is 4. The number of benzene rings is 2.